The Labute approximate surface area is 282 Å². The van der Waals surface area contributed by atoms with Crippen molar-refractivity contribution in [3.8, 4) is 11.3 Å². The second kappa shape index (κ2) is 12.4. The van der Waals surface area contributed by atoms with Gasteiger partial charge in [-0.25, -0.2) is 9.78 Å². The molecule has 2 heterocycles. The number of ketones is 1. The molecule has 230 valence electrons. The molecule has 2 fully saturated rings. The van der Waals surface area contributed by atoms with Crippen molar-refractivity contribution < 1.29 is 23.9 Å². The van der Waals surface area contributed by atoms with Gasteiger partial charge in [0, 0.05) is 31.2 Å². The monoisotopic (exact) mass is 750 g/mol. The van der Waals surface area contributed by atoms with Gasteiger partial charge in [0.1, 0.15) is 0 Å². The number of carbonyl (C=O) groups excluding carboxylic acids is 4. The highest BCUT2D eigenvalue weighted by Crippen LogP contribution is 2.44. The van der Waals surface area contributed by atoms with Gasteiger partial charge in [0.2, 0.25) is 17.6 Å². The van der Waals surface area contributed by atoms with Crippen LogP contribution >= 0.6 is 43.5 Å². The summed E-state index contributed by atoms with van der Waals surface area (Å²) >= 11 is 13.7. The van der Waals surface area contributed by atoms with Crippen LogP contribution < -0.4 is 4.90 Å². The maximum Gasteiger partial charge on any atom is 0.339 e. The van der Waals surface area contributed by atoms with Gasteiger partial charge in [0.15, 0.2) is 6.10 Å². The molecule has 6 rings (SSSR count). The normalized spacial score (nSPS) is 22.0. The van der Waals surface area contributed by atoms with Crippen LogP contribution in [0.4, 0.5) is 5.69 Å². The van der Waals surface area contributed by atoms with E-state index < -0.39 is 12.1 Å². The van der Waals surface area contributed by atoms with Gasteiger partial charge in [-0.3, -0.25) is 19.3 Å². The number of amides is 2. The number of imide groups is 1. The number of carbonyl (C=O) groups is 4. The minimum absolute atomic E-state index is 0.123. The van der Waals surface area contributed by atoms with E-state index in [9.17, 15) is 19.2 Å². The van der Waals surface area contributed by atoms with Gasteiger partial charge in [-0.05, 0) is 63.4 Å². The Kier molecular flexibility index (Phi) is 8.71. The van der Waals surface area contributed by atoms with Crippen molar-refractivity contribution in [3.05, 3.63) is 94.0 Å². The Balaban J connectivity index is 1.31. The quantitative estimate of drug-likeness (QED) is 0.0858. The highest BCUT2D eigenvalue weighted by atomic mass is 79.9. The zero-order chi connectivity index (χ0) is 32.2. The van der Waals surface area contributed by atoms with Crippen molar-refractivity contribution in [1.29, 1.82) is 0 Å². The number of fused-ring (bicyclic) bond motifs is 2. The number of nitrogens with zero attached hydrogens (tertiary/aromatic N) is 2. The third-order valence-electron chi connectivity index (χ3n) is 8.71. The average Bonchev–Trinajstić information content (AvgIpc) is 3.26. The minimum atomic E-state index is -1.02. The molecule has 5 unspecified atom stereocenters. The smallest absolute Gasteiger partial charge is 0.339 e. The third kappa shape index (κ3) is 5.86. The van der Waals surface area contributed by atoms with Gasteiger partial charge in [-0.2, -0.15) is 0 Å². The molecule has 1 aliphatic carbocycles. The van der Waals surface area contributed by atoms with E-state index in [1.807, 2.05) is 26.0 Å². The van der Waals surface area contributed by atoms with Crippen LogP contribution in [-0.4, -0.2) is 44.3 Å². The van der Waals surface area contributed by atoms with E-state index in [-0.39, 0.29) is 44.7 Å². The summed E-state index contributed by atoms with van der Waals surface area (Å²) in [5.74, 6) is -2.04. The van der Waals surface area contributed by atoms with Crippen LogP contribution in [0.3, 0.4) is 0 Å². The molecule has 1 aromatic heterocycles. The van der Waals surface area contributed by atoms with Gasteiger partial charge in [0.05, 0.1) is 34.3 Å². The minimum Gasteiger partial charge on any atom is -0.451 e. The maximum absolute atomic E-state index is 13.6. The molecule has 1 saturated carbocycles. The molecule has 0 N–H and O–H groups in total. The Bertz CT molecular complexity index is 1830. The Morgan fingerprint density at radius 3 is 2.11 bits per heavy atom. The van der Waals surface area contributed by atoms with E-state index in [1.54, 1.807) is 61.5 Å². The van der Waals surface area contributed by atoms with Crippen LogP contribution in [0.5, 0.6) is 0 Å². The number of esters is 1. The van der Waals surface area contributed by atoms with Gasteiger partial charge < -0.3 is 4.74 Å². The predicted octanol–water partition coefficient (Wildman–Crippen LogP) is 8.03. The van der Waals surface area contributed by atoms with Crippen molar-refractivity contribution in [3.63, 3.8) is 0 Å². The number of pyridine rings is 1. The lowest BCUT2D eigenvalue weighted by Crippen LogP contribution is -2.34. The van der Waals surface area contributed by atoms with E-state index in [1.165, 1.54) is 4.90 Å². The zero-order valence-electron chi connectivity index (χ0n) is 24.7. The number of aromatic nitrogens is 1. The van der Waals surface area contributed by atoms with Gasteiger partial charge >= 0.3 is 5.97 Å². The number of benzene rings is 3. The van der Waals surface area contributed by atoms with Crippen molar-refractivity contribution in [2.45, 2.75) is 49.4 Å². The number of rotatable bonds is 6. The molecule has 5 atom stereocenters. The van der Waals surface area contributed by atoms with Crippen LogP contribution in [0.2, 0.25) is 5.02 Å². The largest absolute Gasteiger partial charge is 0.451 e. The summed E-state index contributed by atoms with van der Waals surface area (Å²) in [7, 11) is 0. The molecule has 3 aromatic carbocycles. The predicted molar refractivity (Wildman–Crippen MR) is 181 cm³/mol. The van der Waals surface area contributed by atoms with Crippen LogP contribution in [0.15, 0.2) is 66.7 Å². The van der Waals surface area contributed by atoms with Crippen molar-refractivity contribution in [2.75, 3.05) is 4.90 Å². The maximum atomic E-state index is 13.6. The first-order valence-corrected chi connectivity index (χ1v) is 16.8. The van der Waals surface area contributed by atoms with E-state index in [2.05, 4.69) is 31.9 Å². The van der Waals surface area contributed by atoms with E-state index in [0.29, 0.717) is 56.8 Å². The molecule has 2 amide bonds. The topological polar surface area (TPSA) is 93.6 Å². The molecule has 4 aromatic rings. The fraction of sp³-hybridized carbons (Fsp3) is 0.286. The molecule has 45 heavy (non-hydrogen) atoms. The molecule has 10 heteroatoms. The van der Waals surface area contributed by atoms with E-state index in [0.717, 1.165) is 5.56 Å². The summed E-state index contributed by atoms with van der Waals surface area (Å²) in [5.41, 5.74) is 4.56. The van der Waals surface area contributed by atoms with Crippen LogP contribution in [0, 0.1) is 25.7 Å². The lowest BCUT2D eigenvalue weighted by Gasteiger charge is -2.29. The van der Waals surface area contributed by atoms with Crippen LogP contribution in [0.25, 0.3) is 22.2 Å². The molecule has 1 saturated heterocycles. The first-order valence-electron chi connectivity index (χ1n) is 14.6. The fourth-order valence-corrected chi connectivity index (χ4v) is 7.47. The number of hydrogen-bond donors (Lipinski definition) is 0. The number of alkyl halides is 2. The molecule has 0 radical (unpaired) electrons. The Morgan fingerprint density at radius 1 is 0.911 bits per heavy atom. The molecule has 7 nitrogen and oxygen atoms in total. The van der Waals surface area contributed by atoms with Crippen LogP contribution in [-0.2, 0) is 14.3 Å². The first-order chi connectivity index (χ1) is 21.4. The molecular formula is C35H29Br2ClN2O5. The second-order valence-corrected chi connectivity index (χ2v) is 14.4. The van der Waals surface area contributed by atoms with Gasteiger partial charge in [-0.1, -0.05) is 91.5 Å². The van der Waals surface area contributed by atoms with E-state index >= 15 is 0 Å². The summed E-state index contributed by atoms with van der Waals surface area (Å²) in [5, 5.41) is 1.04. The van der Waals surface area contributed by atoms with Crippen molar-refractivity contribution in [2.24, 2.45) is 11.8 Å². The number of Topliss-reactive ketones (excluding diaryl/α,β-unsaturated/α-hetero) is 1. The number of ether oxygens (including phenoxy) is 1. The lowest BCUT2D eigenvalue weighted by atomic mass is 9.81. The highest BCUT2D eigenvalue weighted by Gasteiger charge is 2.52. The van der Waals surface area contributed by atoms with Crippen molar-refractivity contribution >= 4 is 83.6 Å². The summed E-state index contributed by atoms with van der Waals surface area (Å²) in [6.07, 6.45) is 0.173. The Morgan fingerprint density at radius 2 is 1.51 bits per heavy atom. The summed E-state index contributed by atoms with van der Waals surface area (Å²) < 4.78 is 5.69. The fourth-order valence-electron chi connectivity index (χ4n) is 6.08. The first kappa shape index (κ1) is 31.6. The Hall–Kier alpha value is -3.40. The van der Waals surface area contributed by atoms with E-state index in [4.69, 9.17) is 21.3 Å². The highest BCUT2D eigenvalue weighted by molar-refractivity contribution is 9.12. The third-order valence-corrected chi connectivity index (χ3v) is 11.9. The number of anilines is 1. The number of aryl methyl sites for hydroxylation is 2. The molecule has 0 spiro atoms. The standard InChI is InChI=1S/C35H29Br2ClN2O5/c1-17-4-6-21(7-5-17)32(41)19(3)45-35(44)26-16-30(39-31-18(2)29(38)13-12-23(26)31)20-8-10-22(11-9-20)40-33(42)24-14-27(36)28(37)15-25(24)34(40)43/h4-13,16,19,24-25,27-28H,14-15H2,1-3H3. The van der Waals surface area contributed by atoms with Gasteiger partial charge in [0.25, 0.3) is 0 Å². The average molecular weight is 753 g/mol. The van der Waals surface area contributed by atoms with Crippen LogP contribution in [0.1, 0.15) is 51.6 Å². The zero-order valence-corrected chi connectivity index (χ0v) is 28.6. The summed E-state index contributed by atoms with van der Waals surface area (Å²) in [6, 6.07) is 19.1. The number of halogens is 3. The van der Waals surface area contributed by atoms with Gasteiger partial charge in [-0.15, -0.1) is 0 Å². The molecule has 2 aliphatic rings. The molecule has 0 bridgehead atoms. The summed E-state index contributed by atoms with van der Waals surface area (Å²) in [6.45, 7) is 5.31. The molecule has 1 aliphatic heterocycles. The SMILES string of the molecule is Cc1ccc(C(=O)C(C)OC(=O)c2cc(-c3ccc(N4C(=O)C5CC(Br)C(Br)CC5C4=O)cc3)nc3c(C)c(Cl)ccc23)cc1. The lowest BCUT2D eigenvalue weighted by molar-refractivity contribution is -0.122. The second-order valence-electron chi connectivity index (χ2n) is 11.7. The number of hydrogen-bond acceptors (Lipinski definition) is 6. The molecular weight excluding hydrogens is 724 g/mol. The summed E-state index contributed by atoms with van der Waals surface area (Å²) in [4.78, 5) is 59.6. The van der Waals surface area contributed by atoms with Crippen molar-refractivity contribution in [1.82, 2.24) is 4.98 Å².